The third-order valence-corrected chi connectivity index (χ3v) is 5.16. The molecule has 1 fully saturated rings. The van der Waals surface area contributed by atoms with E-state index >= 15 is 0 Å². The molecule has 2 rings (SSSR count). The molecule has 6 nitrogen and oxygen atoms in total. The van der Waals surface area contributed by atoms with Gasteiger partial charge in [-0.2, -0.15) is 0 Å². The molecule has 0 spiro atoms. The van der Waals surface area contributed by atoms with Crippen LogP contribution in [0.25, 0.3) is 0 Å². The van der Waals surface area contributed by atoms with Gasteiger partial charge in [0.25, 0.3) is 0 Å². The minimum absolute atomic E-state index is 0. The first-order chi connectivity index (χ1) is 12.0. The Morgan fingerprint density at radius 2 is 2.04 bits per heavy atom. The van der Waals surface area contributed by atoms with Gasteiger partial charge >= 0.3 is 0 Å². The molecule has 26 heavy (non-hydrogen) atoms. The summed E-state index contributed by atoms with van der Waals surface area (Å²) in [6.45, 7) is 4.05. The van der Waals surface area contributed by atoms with Crippen molar-refractivity contribution in [1.82, 2.24) is 15.5 Å². The summed E-state index contributed by atoms with van der Waals surface area (Å²) in [7, 11) is 3.50. The Morgan fingerprint density at radius 1 is 1.31 bits per heavy atom. The summed E-state index contributed by atoms with van der Waals surface area (Å²) in [5, 5.41) is 6.79. The number of nitrogens with zero attached hydrogens (tertiary/aromatic N) is 2. The number of guanidine groups is 1. The fourth-order valence-corrected chi connectivity index (χ4v) is 3.27. The van der Waals surface area contributed by atoms with Crippen molar-refractivity contribution in [3.05, 3.63) is 24.2 Å². The van der Waals surface area contributed by atoms with Crippen LogP contribution in [0.2, 0.25) is 0 Å². The van der Waals surface area contributed by atoms with E-state index in [2.05, 4.69) is 22.5 Å². The Labute approximate surface area is 174 Å². The molecule has 148 valence electrons. The quantitative estimate of drug-likeness (QED) is 0.344. The zero-order valence-electron chi connectivity index (χ0n) is 16.2. The SMILES string of the molecule is CCC1(CNC(=NCC(=O)N(C)C)NCCc2ccco2)CCCC1.I. The smallest absolute Gasteiger partial charge is 0.243 e. The number of rotatable bonds is 8. The second-order valence-electron chi connectivity index (χ2n) is 7.12. The van der Waals surface area contributed by atoms with Crippen LogP contribution in [0.3, 0.4) is 0 Å². The molecule has 1 amide bonds. The summed E-state index contributed by atoms with van der Waals surface area (Å²) in [5.41, 5.74) is 0.370. The van der Waals surface area contributed by atoms with Crippen LogP contribution in [0, 0.1) is 5.41 Å². The topological polar surface area (TPSA) is 69.9 Å². The zero-order valence-corrected chi connectivity index (χ0v) is 18.5. The molecule has 1 aliphatic rings. The standard InChI is InChI=1S/C19H32N4O2.HI/c1-4-19(10-5-6-11-19)15-22-18(21-14-17(24)23(2)3)20-12-9-16-8-7-13-25-16;/h7-8,13H,4-6,9-12,14-15H2,1-3H3,(H2,20,21,22);1H. The second-order valence-corrected chi connectivity index (χ2v) is 7.12. The lowest BCUT2D eigenvalue weighted by Gasteiger charge is -2.28. The van der Waals surface area contributed by atoms with Crippen LogP contribution in [0.5, 0.6) is 0 Å². The van der Waals surface area contributed by atoms with Crippen molar-refractivity contribution >= 4 is 35.8 Å². The fourth-order valence-electron chi connectivity index (χ4n) is 3.27. The van der Waals surface area contributed by atoms with E-state index in [1.165, 1.54) is 32.1 Å². The molecule has 0 aliphatic heterocycles. The third-order valence-electron chi connectivity index (χ3n) is 5.16. The lowest BCUT2D eigenvalue weighted by atomic mass is 9.83. The number of carbonyl (C=O) groups excluding carboxylic acids is 1. The molecule has 0 unspecified atom stereocenters. The van der Waals surface area contributed by atoms with Gasteiger partial charge < -0.3 is 20.0 Å². The number of halogens is 1. The molecule has 0 bridgehead atoms. The van der Waals surface area contributed by atoms with Crippen LogP contribution in [0.15, 0.2) is 27.8 Å². The molecule has 0 aromatic carbocycles. The van der Waals surface area contributed by atoms with E-state index in [9.17, 15) is 4.79 Å². The highest BCUT2D eigenvalue weighted by molar-refractivity contribution is 14.0. The van der Waals surface area contributed by atoms with Crippen LogP contribution < -0.4 is 10.6 Å². The minimum atomic E-state index is -0.00166. The molecule has 2 N–H and O–H groups in total. The first-order valence-electron chi connectivity index (χ1n) is 9.29. The van der Waals surface area contributed by atoms with Gasteiger partial charge in [-0.3, -0.25) is 4.79 Å². The van der Waals surface area contributed by atoms with Gasteiger partial charge in [0.2, 0.25) is 5.91 Å². The Balaban J connectivity index is 0.00000338. The Morgan fingerprint density at radius 3 is 2.62 bits per heavy atom. The predicted molar refractivity (Wildman–Crippen MR) is 116 cm³/mol. The van der Waals surface area contributed by atoms with Crippen molar-refractivity contribution in [1.29, 1.82) is 0 Å². The van der Waals surface area contributed by atoms with E-state index in [1.807, 2.05) is 12.1 Å². The van der Waals surface area contributed by atoms with Crippen LogP contribution in [-0.2, 0) is 11.2 Å². The van der Waals surface area contributed by atoms with Crippen LogP contribution in [0.1, 0.15) is 44.8 Å². The van der Waals surface area contributed by atoms with E-state index in [0.717, 1.165) is 18.7 Å². The highest BCUT2D eigenvalue weighted by atomic mass is 127. The van der Waals surface area contributed by atoms with E-state index in [4.69, 9.17) is 4.42 Å². The summed E-state index contributed by atoms with van der Waals surface area (Å²) in [6, 6.07) is 3.86. The summed E-state index contributed by atoms with van der Waals surface area (Å²) in [6.07, 6.45) is 8.81. The molecule has 0 radical (unpaired) electrons. The molecule has 7 heteroatoms. The van der Waals surface area contributed by atoms with E-state index in [1.54, 1.807) is 25.3 Å². The summed E-state index contributed by atoms with van der Waals surface area (Å²) in [4.78, 5) is 17.9. The Hall–Kier alpha value is -1.25. The van der Waals surface area contributed by atoms with Crippen molar-refractivity contribution in [2.75, 3.05) is 33.7 Å². The highest BCUT2D eigenvalue weighted by Gasteiger charge is 2.31. The average molecular weight is 476 g/mol. The maximum Gasteiger partial charge on any atom is 0.243 e. The molecular weight excluding hydrogens is 443 g/mol. The summed E-state index contributed by atoms with van der Waals surface area (Å²) in [5.74, 6) is 1.65. The monoisotopic (exact) mass is 476 g/mol. The van der Waals surface area contributed by atoms with Crippen molar-refractivity contribution in [3.63, 3.8) is 0 Å². The van der Waals surface area contributed by atoms with Gasteiger partial charge in [0, 0.05) is 33.6 Å². The number of likely N-dealkylation sites (N-methyl/N-ethyl adjacent to an activating group) is 1. The first-order valence-corrected chi connectivity index (χ1v) is 9.29. The van der Waals surface area contributed by atoms with Crippen molar-refractivity contribution in [2.45, 2.75) is 45.4 Å². The molecule has 0 atom stereocenters. The average Bonchev–Trinajstić information content (AvgIpc) is 3.28. The number of hydrogen-bond acceptors (Lipinski definition) is 3. The van der Waals surface area contributed by atoms with Gasteiger partial charge in [-0.25, -0.2) is 4.99 Å². The Kier molecular flexibility index (Phi) is 10.0. The van der Waals surface area contributed by atoms with E-state index < -0.39 is 0 Å². The predicted octanol–water partition coefficient (Wildman–Crippen LogP) is 3.03. The summed E-state index contributed by atoms with van der Waals surface area (Å²) < 4.78 is 5.36. The van der Waals surface area contributed by atoms with Gasteiger partial charge in [-0.1, -0.05) is 19.8 Å². The number of furan rings is 1. The van der Waals surface area contributed by atoms with Crippen molar-refractivity contribution in [2.24, 2.45) is 10.4 Å². The largest absolute Gasteiger partial charge is 0.469 e. The maximum atomic E-state index is 11.8. The number of hydrogen-bond donors (Lipinski definition) is 2. The van der Waals surface area contributed by atoms with Gasteiger partial charge in [0.1, 0.15) is 12.3 Å². The number of aliphatic imine (C=N–C) groups is 1. The van der Waals surface area contributed by atoms with Gasteiger partial charge in [0.15, 0.2) is 5.96 Å². The van der Waals surface area contributed by atoms with Crippen LogP contribution in [-0.4, -0.2) is 50.5 Å². The minimum Gasteiger partial charge on any atom is -0.469 e. The molecular formula is C19H33IN4O2. The zero-order chi connectivity index (χ0) is 18.1. The molecule has 1 heterocycles. The number of amides is 1. The van der Waals surface area contributed by atoms with Crippen LogP contribution >= 0.6 is 24.0 Å². The molecule has 1 aliphatic carbocycles. The Bertz CT molecular complexity index is 552. The lowest BCUT2D eigenvalue weighted by molar-refractivity contribution is -0.127. The number of carbonyl (C=O) groups is 1. The fraction of sp³-hybridized carbons (Fsp3) is 0.684. The van der Waals surface area contributed by atoms with Crippen LogP contribution in [0.4, 0.5) is 0 Å². The normalized spacial score (nSPS) is 16.0. The molecule has 0 saturated heterocycles. The van der Waals surface area contributed by atoms with E-state index in [-0.39, 0.29) is 36.4 Å². The van der Waals surface area contributed by atoms with Crippen molar-refractivity contribution < 1.29 is 9.21 Å². The second kappa shape index (κ2) is 11.5. The van der Waals surface area contributed by atoms with Gasteiger partial charge in [-0.05, 0) is 36.8 Å². The van der Waals surface area contributed by atoms with E-state index in [0.29, 0.717) is 17.9 Å². The molecule has 1 aromatic rings. The highest BCUT2D eigenvalue weighted by Crippen LogP contribution is 2.40. The summed E-state index contributed by atoms with van der Waals surface area (Å²) >= 11 is 0. The molecule has 1 aromatic heterocycles. The third kappa shape index (κ3) is 7.17. The van der Waals surface area contributed by atoms with Gasteiger partial charge in [0.05, 0.1) is 6.26 Å². The number of nitrogens with one attached hydrogen (secondary N) is 2. The first kappa shape index (κ1) is 22.8. The maximum absolute atomic E-state index is 11.8. The molecule has 1 saturated carbocycles. The van der Waals surface area contributed by atoms with Gasteiger partial charge in [-0.15, -0.1) is 24.0 Å². The lowest BCUT2D eigenvalue weighted by Crippen LogP contribution is -2.44. The van der Waals surface area contributed by atoms with Crippen molar-refractivity contribution in [3.8, 4) is 0 Å².